The fourth-order valence-electron chi connectivity index (χ4n) is 10.4. The van der Waals surface area contributed by atoms with Gasteiger partial charge in [0.05, 0.1) is 42.6 Å². The number of hydrogen-bond acceptors (Lipinski definition) is 15. The molecule has 0 spiro atoms. The van der Waals surface area contributed by atoms with Gasteiger partial charge in [0.25, 0.3) is 0 Å². The van der Waals surface area contributed by atoms with Crippen LogP contribution in [0, 0.1) is 17.8 Å². The van der Waals surface area contributed by atoms with E-state index in [-0.39, 0.29) is 24.5 Å². The minimum atomic E-state index is -1.73. The standard InChI is InChI=1S/C50H79FN6O10/c1-14-41-50(8,61)46(58)34(6)56(10)28-30(2)25-49(7,60)47(32(4)44(63-12)33(5)48(59)66-41)67-43-24-39(23-31(3)65-43)55(9)22-21-38-29-57(54-53-38)40(26-51)45(64-13)36-17-15-35(16-18-36)37-19-20-42(62-11)52-27-37/h15-20,27,29-34,39-41,43-47,58,60-61H,14,21-26,28H2,1-13H3/t30-,31-,32+,33-,34-,39+,40-,41-,43+,44+,45-,46-,47-,49-,50-/m1/s1. The van der Waals surface area contributed by atoms with Gasteiger partial charge < -0.3 is 53.5 Å². The van der Waals surface area contributed by atoms with Crippen LogP contribution in [0.1, 0.15) is 104 Å². The van der Waals surface area contributed by atoms with E-state index in [9.17, 15) is 24.5 Å². The lowest BCUT2D eigenvalue weighted by atomic mass is 9.78. The van der Waals surface area contributed by atoms with E-state index in [1.165, 1.54) is 14.0 Å². The molecule has 16 nitrogen and oxygen atoms in total. The lowest BCUT2D eigenvalue weighted by Crippen LogP contribution is -2.59. The molecule has 4 heterocycles. The van der Waals surface area contributed by atoms with Gasteiger partial charge >= 0.3 is 5.97 Å². The molecule has 0 amide bonds. The largest absolute Gasteiger partial charge is 0.481 e. The van der Waals surface area contributed by atoms with Crippen LogP contribution in [0.2, 0.25) is 0 Å². The number of alkyl halides is 1. The van der Waals surface area contributed by atoms with Crippen molar-refractivity contribution in [3.8, 4) is 17.0 Å². The number of pyridine rings is 1. The van der Waals surface area contributed by atoms with Crippen molar-refractivity contribution in [2.75, 3.05) is 55.2 Å². The van der Waals surface area contributed by atoms with E-state index >= 15 is 0 Å². The molecule has 5 rings (SSSR count). The van der Waals surface area contributed by atoms with Crippen LogP contribution in [-0.4, -0.2) is 166 Å². The van der Waals surface area contributed by atoms with Crippen LogP contribution in [0.25, 0.3) is 11.1 Å². The molecule has 2 aromatic heterocycles. The van der Waals surface area contributed by atoms with E-state index in [2.05, 4.69) is 27.2 Å². The lowest BCUT2D eigenvalue weighted by Gasteiger charge is -2.45. The summed E-state index contributed by atoms with van der Waals surface area (Å²) in [5.74, 6) is -1.46. The van der Waals surface area contributed by atoms with Gasteiger partial charge in [-0.05, 0) is 91.1 Å². The van der Waals surface area contributed by atoms with Crippen molar-refractivity contribution in [2.45, 2.75) is 160 Å². The second-order valence-electron chi connectivity index (χ2n) is 19.8. The number of aliphatic hydroxyl groups is 3. The van der Waals surface area contributed by atoms with Crippen molar-refractivity contribution in [3.63, 3.8) is 0 Å². The van der Waals surface area contributed by atoms with E-state index in [0.717, 1.165) is 23.1 Å². The summed E-state index contributed by atoms with van der Waals surface area (Å²) in [5, 5.41) is 44.3. The van der Waals surface area contributed by atoms with Crippen LogP contribution in [0.5, 0.6) is 5.88 Å². The minimum Gasteiger partial charge on any atom is -0.481 e. The van der Waals surface area contributed by atoms with Gasteiger partial charge in [0.15, 0.2) is 6.29 Å². The van der Waals surface area contributed by atoms with E-state index in [0.29, 0.717) is 43.9 Å². The minimum absolute atomic E-state index is 0.0471. The summed E-state index contributed by atoms with van der Waals surface area (Å²) in [4.78, 5) is 22.4. The van der Waals surface area contributed by atoms with Crippen molar-refractivity contribution in [1.82, 2.24) is 29.8 Å². The summed E-state index contributed by atoms with van der Waals surface area (Å²) in [6.07, 6.45) is 0.691. The smallest absolute Gasteiger partial charge is 0.311 e. The normalized spacial score (nSPS) is 33.9. The van der Waals surface area contributed by atoms with Crippen LogP contribution in [-0.2, 0) is 34.9 Å². The van der Waals surface area contributed by atoms with E-state index < -0.39 is 84.6 Å². The van der Waals surface area contributed by atoms with Crippen LogP contribution < -0.4 is 4.74 Å². The van der Waals surface area contributed by atoms with E-state index in [1.807, 2.05) is 70.0 Å². The maximum Gasteiger partial charge on any atom is 0.311 e. The highest BCUT2D eigenvalue weighted by atomic mass is 19.1. The molecule has 2 fully saturated rings. The number of carbonyl (C=O) groups is 1. The Morgan fingerprint density at radius 2 is 1.70 bits per heavy atom. The molecular formula is C50H79FN6O10. The van der Waals surface area contributed by atoms with Crippen molar-refractivity contribution < 1.29 is 52.9 Å². The number of rotatable bonds is 15. The molecule has 67 heavy (non-hydrogen) atoms. The number of benzene rings is 1. The Hall–Kier alpha value is -3.65. The summed E-state index contributed by atoms with van der Waals surface area (Å²) in [6.45, 7) is 15.0. The average molecular weight is 943 g/mol. The first-order chi connectivity index (χ1) is 31.7. The number of hydrogen-bond donors (Lipinski definition) is 3. The third-order valence-electron chi connectivity index (χ3n) is 14.4. The molecule has 2 aliphatic rings. The van der Waals surface area contributed by atoms with Gasteiger partial charge in [-0.15, -0.1) is 5.10 Å². The predicted octanol–water partition coefficient (Wildman–Crippen LogP) is 5.83. The first-order valence-electron chi connectivity index (χ1n) is 23.9. The molecule has 3 N–H and O–H groups in total. The van der Waals surface area contributed by atoms with E-state index in [4.69, 9.17) is 28.4 Å². The van der Waals surface area contributed by atoms with Crippen molar-refractivity contribution in [1.29, 1.82) is 0 Å². The zero-order valence-electron chi connectivity index (χ0n) is 42.0. The number of ether oxygens (including phenoxy) is 6. The van der Waals surface area contributed by atoms with Gasteiger partial charge in [-0.1, -0.05) is 50.3 Å². The average Bonchev–Trinajstić information content (AvgIpc) is 3.78. The van der Waals surface area contributed by atoms with E-state index in [1.54, 1.807) is 58.1 Å². The molecular weight excluding hydrogens is 864 g/mol. The Morgan fingerprint density at radius 1 is 1.01 bits per heavy atom. The van der Waals surface area contributed by atoms with Crippen LogP contribution in [0.15, 0.2) is 48.8 Å². The number of nitrogens with zero attached hydrogens (tertiary/aromatic N) is 6. The maximum atomic E-state index is 14.8. The number of esters is 1. The highest BCUT2D eigenvalue weighted by Gasteiger charge is 2.49. The number of carbonyl (C=O) groups excluding carboxylic acids is 1. The number of halogens is 1. The zero-order valence-corrected chi connectivity index (χ0v) is 42.0. The van der Waals surface area contributed by atoms with Gasteiger partial charge in [-0.2, -0.15) is 0 Å². The molecule has 15 atom stereocenters. The Labute approximate surface area is 397 Å². The van der Waals surface area contributed by atoms with Gasteiger partial charge in [0.2, 0.25) is 5.88 Å². The molecule has 376 valence electrons. The molecule has 2 aliphatic heterocycles. The summed E-state index contributed by atoms with van der Waals surface area (Å²) in [7, 11) is 8.59. The number of aromatic nitrogens is 4. The molecule has 0 saturated carbocycles. The molecule has 0 bridgehead atoms. The SMILES string of the molecule is CC[C@H]1OC(=O)[C@H](C)[C@@H](OC)[C@H](C)[C@@H](O[C@H]2C[C@@H](N(C)CCc3cn([C@H](CF)[C@H](OC)c4ccc(-c5ccc(OC)nc5)cc4)nn3)C[C@@H](C)O2)[C@](C)(O)C[C@@H](C)CN(C)[C@H](C)[C@@H](O)[C@]1(C)O. The number of cyclic esters (lactones) is 1. The highest BCUT2D eigenvalue weighted by Crippen LogP contribution is 2.38. The van der Waals surface area contributed by atoms with Crippen LogP contribution in [0.4, 0.5) is 4.39 Å². The zero-order chi connectivity index (χ0) is 49.4. The van der Waals surface area contributed by atoms with Gasteiger partial charge in [-0.25, -0.2) is 14.1 Å². The molecule has 3 aromatic rings. The van der Waals surface area contributed by atoms with Gasteiger partial charge in [-0.3, -0.25) is 4.79 Å². The Bertz CT molecular complexity index is 1970. The Morgan fingerprint density at radius 3 is 2.30 bits per heavy atom. The summed E-state index contributed by atoms with van der Waals surface area (Å²) in [6, 6.07) is 10.3. The summed E-state index contributed by atoms with van der Waals surface area (Å²) < 4.78 is 52.8. The molecule has 0 radical (unpaired) electrons. The fraction of sp³-hybridized carbons (Fsp3) is 0.720. The number of methoxy groups -OCH3 is 3. The van der Waals surface area contributed by atoms with Crippen LogP contribution in [0.3, 0.4) is 0 Å². The van der Waals surface area contributed by atoms with Crippen molar-refractivity contribution in [3.05, 3.63) is 60.0 Å². The first kappa shape index (κ1) is 54.3. The molecule has 0 unspecified atom stereocenters. The quantitative estimate of drug-likeness (QED) is 0.155. The third-order valence-corrected chi connectivity index (χ3v) is 14.4. The third kappa shape index (κ3) is 13.2. The first-order valence-corrected chi connectivity index (χ1v) is 23.9. The summed E-state index contributed by atoms with van der Waals surface area (Å²) in [5.41, 5.74) is 0.261. The fourth-order valence-corrected chi connectivity index (χ4v) is 10.4. The number of aliphatic hydroxyl groups excluding tert-OH is 1. The molecule has 2 saturated heterocycles. The predicted molar refractivity (Wildman–Crippen MR) is 252 cm³/mol. The Balaban J connectivity index is 1.29. The highest BCUT2D eigenvalue weighted by molar-refractivity contribution is 5.73. The second-order valence-corrected chi connectivity index (χ2v) is 19.8. The monoisotopic (exact) mass is 943 g/mol. The molecule has 17 heteroatoms. The second kappa shape index (κ2) is 23.8. The van der Waals surface area contributed by atoms with Crippen molar-refractivity contribution >= 4 is 5.97 Å². The molecule has 1 aromatic carbocycles. The Kier molecular flexibility index (Phi) is 19.3. The maximum absolute atomic E-state index is 14.8. The van der Waals surface area contributed by atoms with Gasteiger partial charge in [0, 0.05) is 82.2 Å². The van der Waals surface area contributed by atoms with Crippen LogP contribution >= 0.6 is 0 Å². The summed E-state index contributed by atoms with van der Waals surface area (Å²) >= 11 is 0. The lowest BCUT2D eigenvalue weighted by molar-refractivity contribution is -0.268. The van der Waals surface area contributed by atoms with Crippen molar-refractivity contribution in [2.24, 2.45) is 17.8 Å². The topological polar surface area (TPSA) is 183 Å². The van der Waals surface area contributed by atoms with Gasteiger partial charge in [0.1, 0.15) is 36.6 Å². The molecule has 0 aliphatic carbocycles. The number of likely N-dealkylation sites (N-methyl/N-ethyl adjacent to an activating group) is 2.